The Morgan fingerprint density at radius 1 is 0.786 bits per heavy atom. The van der Waals surface area contributed by atoms with Crippen LogP contribution in [0.2, 0.25) is 0 Å². The van der Waals surface area contributed by atoms with Gasteiger partial charge >= 0.3 is 0 Å². The Morgan fingerprint density at radius 3 is 2.14 bits per heavy atom. The maximum Gasteiger partial charge on any atom is 0.0349 e. The minimum Gasteiger partial charge on any atom is -0.304 e. The van der Waals surface area contributed by atoms with Gasteiger partial charge in [-0.25, -0.2) is 0 Å². The molecule has 3 heteroatoms. The normalized spacial score (nSPS) is 17.8. The third-order valence-corrected chi connectivity index (χ3v) is 5.85. The van der Waals surface area contributed by atoms with E-state index in [1.807, 2.05) is 6.07 Å². The van der Waals surface area contributed by atoms with Crippen molar-refractivity contribution in [1.29, 1.82) is 0 Å². The summed E-state index contributed by atoms with van der Waals surface area (Å²) in [6.07, 6.45) is -2.97. The van der Waals surface area contributed by atoms with Crippen molar-refractivity contribution in [3.63, 3.8) is 0 Å². The molecule has 0 unspecified atom stereocenters. The Morgan fingerprint density at radius 2 is 1.50 bits per heavy atom. The van der Waals surface area contributed by atoms with Gasteiger partial charge in [-0.15, -0.1) is 70.8 Å². The molecule has 0 saturated carbocycles. The van der Waals surface area contributed by atoms with Gasteiger partial charge in [0.15, 0.2) is 0 Å². The van der Waals surface area contributed by atoms with Gasteiger partial charge in [0.05, 0.1) is 0 Å². The van der Waals surface area contributed by atoms with Crippen molar-refractivity contribution >= 4 is 0 Å². The predicted molar refractivity (Wildman–Crippen MR) is 173 cm³/mol. The van der Waals surface area contributed by atoms with Crippen LogP contribution in [0.1, 0.15) is 86.7 Å². The fourth-order valence-corrected chi connectivity index (χ4v) is 3.94. The summed E-state index contributed by atoms with van der Waals surface area (Å²) in [5.74, 6) is -0.452. The zero-order valence-electron chi connectivity index (χ0n) is 38.7. The molecule has 2 heterocycles. The standard InChI is InChI=1S/C23H24N.C16H18N.Ir/c1-17(2)12-22-15-23(24-16-18(22)3)21-11-7-10-20(14-21)13-19-8-5-4-6-9-19;1-4-5-15-10-16(17-11-13(15)3)14-8-6-12(2)7-9-14;/h4-10,14-17H,12-13H2,1-3H3;6-8,10-11H,4-5H2,1-3H3;/q2*-1;/i3D3,12D2,13D2;2D3,3D3,5D2;. The van der Waals surface area contributed by atoms with Crippen LogP contribution in [0.25, 0.3) is 22.5 Å². The minimum absolute atomic E-state index is 0. The molecule has 0 amide bonds. The Balaban J connectivity index is 0.000000307. The SMILES string of the molecule is [2H]C([2H])([2H])c1c[c-]c(-c2cc(C([2H])([2H])CC)c(C([2H])([2H])[2H])cn2)cc1.[2H]C([2H])([2H])c1cnc(-c2[c-]ccc(C([2H])([2H])c3ccccc3)c2)cc1C([2H])([2H])C(C)C.[Ir]. The molecule has 2 aromatic heterocycles. The van der Waals surface area contributed by atoms with E-state index in [-0.39, 0.29) is 54.3 Å². The predicted octanol–water partition coefficient (Wildman–Crippen LogP) is 9.76. The summed E-state index contributed by atoms with van der Waals surface area (Å²) in [6, 6.07) is 26.7. The van der Waals surface area contributed by atoms with Gasteiger partial charge in [-0.05, 0) is 66.8 Å². The molecule has 219 valence electrons. The van der Waals surface area contributed by atoms with E-state index in [9.17, 15) is 0 Å². The van der Waals surface area contributed by atoms with Gasteiger partial charge in [0.1, 0.15) is 0 Å². The summed E-state index contributed by atoms with van der Waals surface area (Å²) in [5, 5.41) is 0. The van der Waals surface area contributed by atoms with Crippen LogP contribution in [0, 0.1) is 38.6 Å². The summed E-state index contributed by atoms with van der Waals surface area (Å²) >= 11 is 0. The summed E-state index contributed by atoms with van der Waals surface area (Å²) in [7, 11) is 0. The van der Waals surface area contributed by atoms with Crippen molar-refractivity contribution in [1.82, 2.24) is 9.97 Å². The first-order chi connectivity index (χ1) is 25.7. The molecule has 0 N–H and O–H groups in total. The topological polar surface area (TPSA) is 25.8 Å². The maximum atomic E-state index is 8.58. The van der Waals surface area contributed by atoms with Gasteiger partial charge in [0.2, 0.25) is 0 Å². The van der Waals surface area contributed by atoms with Crippen LogP contribution in [0.5, 0.6) is 0 Å². The van der Waals surface area contributed by atoms with Gasteiger partial charge in [-0.1, -0.05) is 87.6 Å². The van der Waals surface area contributed by atoms with Crippen molar-refractivity contribution in [2.45, 2.75) is 66.9 Å². The van der Waals surface area contributed by atoms with E-state index in [0.717, 1.165) is 6.20 Å². The third kappa shape index (κ3) is 9.58. The molecule has 0 spiro atoms. The Bertz CT molecular complexity index is 2110. The number of nitrogens with zero attached hydrogens (tertiary/aromatic N) is 2. The first-order valence-corrected chi connectivity index (χ1v) is 13.3. The Kier molecular flexibility index (Phi) is 6.85. The molecule has 42 heavy (non-hydrogen) atoms. The molecule has 0 bridgehead atoms. The second-order valence-electron chi connectivity index (χ2n) is 9.53. The Hall–Kier alpha value is -3.39. The molecule has 0 aliphatic heterocycles. The molecule has 0 saturated heterocycles. The molecular formula is C39H42IrN2-2. The Labute approximate surface area is 288 Å². The third-order valence-electron chi connectivity index (χ3n) is 5.85. The zero-order valence-corrected chi connectivity index (χ0v) is 26.1. The number of aromatic nitrogens is 2. The van der Waals surface area contributed by atoms with E-state index >= 15 is 0 Å². The molecule has 0 fully saturated rings. The van der Waals surface area contributed by atoms with Crippen LogP contribution in [0.3, 0.4) is 0 Å². The second kappa shape index (κ2) is 16.3. The van der Waals surface area contributed by atoms with Crippen LogP contribution >= 0.6 is 0 Å². The second-order valence-corrected chi connectivity index (χ2v) is 9.53. The number of benzene rings is 3. The van der Waals surface area contributed by atoms with Gasteiger partial charge in [-0.2, -0.15) is 0 Å². The van der Waals surface area contributed by atoms with Crippen molar-refractivity contribution in [2.75, 3.05) is 0 Å². The van der Waals surface area contributed by atoms with Crippen LogP contribution in [-0.4, -0.2) is 9.97 Å². The molecule has 0 atom stereocenters. The first-order valence-electron chi connectivity index (χ1n) is 20.8. The van der Waals surface area contributed by atoms with Crippen LogP contribution in [0.4, 0.5) is 0 Å². The number of hydrogen-bond donors (Lipinski definition) is 0. The number of pyridine rings is 2. The van der Waals surface area contributed by atoms with Gasteiger partial charge < -0.3 is 9.97 Å². The average Bonchev–Trinajstić information content (AvgIpc) is 3.14. The average molecular weight is 746 g/mol. The largest absolute Gasteiger partial charge is 0.304 e. The quantitative estimate of drug-likeness (QED) is 0.148. The summed E-state index contributed by atoms with van der Waals surface area (Å²) in [5.41, 5.74) is 2.57. The van der Waals surface area contributed by atoms with Crippen molar-refractivity contribution in [3.8, 4) is 22.5 Å². The molecule has 5 aromatic rings. The molecular weight excluding hydrogens is 689 g/mol. The van der Waals surface area contributed by atoms with Gasteiger partial charge in [0.25, 0.3) is 0 Å². The smallest absolute Gasteiger partial charge is 0.0349 e. The number of aryl methyl sites for hydroxylation is 4. The van der Waals surface area contributed by atoms with Crippen molar-refractivity contribution in [3.05, 3.63) is 142 Å². The van der Waals surface area contributed by atoms with E-state index in [4.69, 9.17) is 20.6 Å². The van der Waals surface area contributed by atoms with Crippen molar-refractivity contribution < 1.29 is 40.7 Å². The van der Waals surface area contributed by atoms with E-state index in [2.05, 4.69) is 22.1 Å². The number of rotatable bonds is 8. The van der Waals surface area contributed by atoms with E-state index in [0.29, 0.717) is 33.6 Å². The molecule has 2 nitrogen and oxygen atoms in total. The molecule has 5 rings (SSSR count). The molecule has 0 aliphatic carbocycles. The van der Waals surface area contributed by atoms with Crippen LogP contribution < -0.4 is 0 Å². The van der Waals surface area contributed by atoms with Gasteiger partial charge in [-0.3, -0.25) is 0 Å². The fourth-order valence-electron chi connectivity index (χ4n) is 3.94. The van der Waals surface area contributed by atoms with Crippen molar-refractivity contribution in [2.24, 2.45) is 5.92 Å². The summed E-state index contributed by atoms with van der Waals surface area (Å²) < 4.78 is 119. The molecule has 1 radical (unpaired) electrons. The monoisotopic (exact) mass is 746 g/mol. The zero-order chi connectivity index (χ0) is 42.1. The summed E-state index contributed by atoms with van der Waals surface area (Å²) in [6.45, 7) is -2.17. The minimum atomic E-state index is -2.50. The van der Waals surface area contributed by atoms with E-state index in [1.165, 1.54) is 36.5 Å². The maximum absolute atomic E-state index is 8.58. The fraction of sp³-hybridized carbons (Fsp3) is 0.282. The van der Waals surface area contributed by atoms with E-state index < -0.39 is 45.6 Å². The number of hydrogen-bond acceptors (Lipinski definition) is 2. The summed E-state index contributed by atoms with van der Waals surface area (Å²) in [4.78, 5) is 8.38. The van der Waals surface area contributed by atoms with Crippen LogP contribution in [-0.2, 0) is 39.2 Å². The van der Waals surface area contributed by atoms with Gasteiger partial charge in [0, 0.05) is 53.1 Å². The van der Waals surface area contributed by atoms with Crippen LogP contribution in [0.15, 0.2) is 91.3 Å². The molecule has 3 aromatic carbocycles. The molecule has 0 aliphatic rings. The van der Waals surface area contributed by atoms with E-state index in [1.54, 1.807) is 63.2 Å². The first kappa shape index (κ1) is 17.7.